The summed E-state index contributed by atoms with van der Waals surface area (Å²) >= 11 is 36.6. The monoisotopic (exact) mass is 595 g/mol. The molecule has 1 saturated heterocycles. The molecule has 1 fully saturated rings. The number of rotatable bonds is 6. The number of hydrogen-bond donors (Lipinski definition) is 2. The zero-order valence-electron chi connectivity index (χ0n) is 17.5. The first-order chi connectivity index (χ1) is 16.4. The standard InChI is InChI=1S/C21H15Cl6N5O3/c22-13-3-2-12(6-14(13)23)32-20(21(25,26)27)29-17(30-32)18(33)28-16-4-1-10(5-15(16)24)7-31-8-11(9-31)19(34)35/h1-6,11H,7-9H2,(H,28,33)(H,34,35). The Morgan fingerprint density at radius 2 is 1.74 bits per heavy atom. The van der Waals surface area contributed by atoms with Crippen molar-refractivity contribution in [2.75, 3.05) is 18.4 Å². The molecule has 1 aromatic heterocycles. The fourth-order valence-corrected chi connectivity index (χ4v) is 4.35. The van der Waals surface area contributed by atoms with Gasteiger partial charge >= 0.3 is 5.97 Å². The van der Waals surface area contributed by atoms with Crippen LogP contribution < -0.4 is 5.32 Å². The lowest BCUT2D eigenvalue weighted by atomic mass is 9.99. The van der Waals surface area contributed by atoms with Crippen molar-refractivity contribution in [1.82, 2.24) is 19.7 Å². The lowest BCUT2D eigenvalue weighted by Gasteiger charge is -2.36. The van der Waals surface area contributed by atoms with E-state index in [2.05, 4.69) is 15.4 Å². The number of carbonyl (C=O) groups excluding carboxylic acids is 1. The topological polar surface area (TPSA) is 100 Å². The second-order valence-electron chi connectivity index (χ2n) is 7.76. The number of hydrogen-bond acceptors (Lipinski definition) is 5. The van der Waals surface area contributed by atoms with E-state index in [9.17, 15) is 9.59 Å². The molecule has 35 heavy (non-hydrogen) atoms. The number of halogens is 6. The number of benzene rings is 2. The lowest BCUT2D eigenvalue weighted by molar-refractivity contribution is -0.147. The van der Waals surface area contributed by atoms with Gasteiger partial charge in [-0.2, -0.15) is 0 Å². The zero-order valence-corrected chi connectivity index (χ0v) is 22.0. The molecule has 184 valence electrons. The number of nitrogens with zero attached hydrogens (tertiary/aromatic N) is 4. The molecule has 0 aliphatic carbocycles. The minimum atomic E-state index is -1.99. The number of carboxylic acid groups (broad SMARTS) is 1. The number of anilines is 1. The molecule has 0 unspecified atom stereocenters. The third-order valence-corrected chi connectivity index (χ3v) is 6.76. The third-order valence-electron chi connectivity index (χ3n) is 5.21. The van der Waals surface area contributed by atoms with Gasteiger partial charge < -0.3 is 10.4 Å². The smallest absolute Gasteiger partial charge is 0.309 e. The van der Waals surface area contributed by atoms with E-state index in [4.69, 9.17) is 74.7 Å². The minimum absolute atomic E-state index is 0.123. The summed E-state index contributed by atoms with van der Waals surface area (Å²) in [6.45, 7) is 1.49. The average Bonchev–Trinajstić information content (AvgIpc) is 3.20. The lowest BCUT2D eigenvalue weighted by Crippen LogP contribution is -2.49. The first-order valence-electron chi connectivity index (χ1n) is 9.97. The van der Waals surface area contributed by atoms with Crippen molar-refractivity contribution in [1.29, 1.82) is 0 Å². The maximum atomic E-state index is 12.9. The molecule has 1 aliphatic heterocycles. The summed E-state index contributed by atoms with van der Waals surface area (Å²) in [6.07, 6.45) is 0. The van der Waals surface area contributed by atoms with Gasteiger partial charge in [0, 0.05) is 19.6 Å². The van der Waals surface area contributed by atoms with Crippen LogP contribution in [0.3, 0.4) is 0 Å². The molecule has 2 heterocycles. The van der Waals surface area contributed by atoms with Crippen LogP contribution in [0, 0.1) is 5.92 Å². The number of likely N-dealkylation sites (tertiary alicyclic amines) is 1. The summed E-state index contributed by atoms with van der Waals surface area (Å²) in [7, 11) is 0. The van der Waals surface area contributed by atoms with Crippen LogP contribution in [-0.2, 0) is 15.1 Å². The van der Waals surface area contributed by atoms with Gasteiger partial charge in [0.25, 0.3) is 5.91 Å². The van der Waals surface area contributed by atoms with E-state index in [-0.39, 0.29) is 27.6 Å². The van der Waals surface area contributed by atoms with Gasteiger partial charge in [0.2, 0.25) is 9.62 Å². The van der Waals surface area contributed by atoms with Crippen LogP contribution >= 0.6 is 69.6 Å². The Morgan fingerprint density at radius 1 is 1.03 bits per heavy atom. The molecule has 0 spiro atoms. The normalized spacial score (nSPS) is 14.6. The highest BCUT2D eigenvalue weighted by molar-refractivity contribution is 6.66. The van der Waals surface area contributed by atoms with Crippen LogP contribution in [0.4, 0.5) is 5.69 Å². The number of amides is 1. The zero-order chi connectivity index (χ0) is 25.5. The molecule has 0 saturated carbocycles. The van der Waals surface area contributed by atoms with E-state index in [0.29, 0.717) is 36.0 Å². The van der Waals surface area contributed by atoms with Crippen molar-refractivity contribution in [3.05, 3.63) is 68.7 Å². The van der Waals surface area contributed by atoms with Crippen LogP contribution in [0.15, 0.2) is 36.4 Å². The maximum Gasteiger partial charge on any atom is 0.309 e. The highest BCUT2D eigenvalue weighted by Crippen LogP contribution is 2.38. The van der Waals surface area contributed by atoms with Crippen LogP contribution in [-0.4, -0.2) is 49.7 Å². The van der Waals surface area contributed by atoms with Gasteiger partial charge in [0.1, 0.15) is 0 Å². The molecule has 8 nitrogen and oxygen atoms in total. The summed E-state index contributed by atoms with van der Waals surface area (Å²) in [5, 5.41) is 16.7. The van der Waals surface area contributed by atoms with Gasteiger partial charge in [-0.05, 0) is 35.9 Å². The molecule has 1 amide bonds. The molecule has 14 heteroatoms. The number of nitrogens with one attached hydrogen (secondary N) is 1. The van der Waals surface area contributed by atoms with Crippen molar-refractivity contribution in [2.24, 2.45) is 5.92 Å². The maximum absolute atomic E-state index is 12.9. The summed E-state index contributed by atoms with van der Waals surface area (Å²) in [4.78, 5) is 29.9. The largest absolute Gasteiger partial charge is 0.481 e. The van der Waals surface area contributed by atoms with Crippen molar-refractivity contribution in [3.63, 3.8) is 0 Å². The van der Waals surface area contributed by atoms with Gasteiger partial charge in [-0.1, -0.05) is 75.7 Å². The quantitative estimate of drug-likeness (QED) is 0.347. The molecule has 3 aromatic rings. The van der Waals surface area contributed by atoms with Gasteiger partial charge in [0.15, 0.2) is 5.82 Å². The number of aromatic nitrogens is 3. The van der Waals surface area contributed by atoms with E-state index in [1.807, 2.05) is 4.90 Å². The second kappa shape index (κ2) is 10.3. The van der Waals surface area contributed by atoms with Crippen LogP contribution in [0.2, 0.25) is 15.1 Å². The number of aliphatic carboxylic acids is 1. The fraction of sp³-hybridized carbons (Fsp3) is 0.238. The van der Waals surface area contributed by atoms with Crippen molar-refractivity contribution in [2.45, 2.75) is 10.3 Å². The molecule has 0 radical (unpaired) electrons. The molecule has 0 bridgehead atoms. The fourth-order valence-electron chi connectivity index (χ4n) is 3.44. The van der Waals surface area contributed by atoms with Gasteiger partial charge in [0.05, 0.1) is 32.4 Å². The minimum Gasteiger partial charge on any atom is -0.481 e. The predicted molar refractivity (Wildman–Crippen MR) is 136 cm³/mol. The third kappa shape index (κ3) is 5.97. The van der Waals surface area contributed by atoms with Crippen LogP contribution in [0.5, 0.6) is 0 Å². The summed E-state index contributed by atoms with van der Waals surface area (Å²) < 4.78 is -0.806. The Bertz CT molecular complexity index is 1300. The Labute approximate surface area is 229 Å². The van der Waals surface area contributed by atoms with Crippen molar-refractivity contribution < 1.29 is 14.7 Å². The molecule has 0 atom stereocenters. The number of alkyl halides is 3. The molecule has 1 aliphatic rings. The average molecular weight is 598 g/mol. The Morgan fingerprint density at radius 3 is 2.34 bits per heavy atom. The predicted octanol–water partition coefficient (Wildman–Crippen LogP) is 5.82. The SMILES string of the molecule is O=C(Nc1ccc(CN2CC(C(=O)O)C2)cc1Cl)c1nc(C(Cl)(Cl)Cl)n(-c2ccc(Cl)c(Cl)c2)n1. The number of carboxylic acids is 1. The highest BCUT2D eigenvalue weighted by atomic mass is 35.6. The Kier molecular flexibility index (Phi) is 7.74. The van der Waals surface area contributed by atoms with Gasteiger partial charge in [-0.15, -0.1) is 5.10 Å². The van der Waals surface area contributed by atoms with Crippen LogP contribution in [0.1, 0.15) is 22.0 Å². The van der Waals surface area contributed by atoms with Gasteiger partial charge in [-0.3, -0.25) is 14.5 Å². The Hall–Kier alpha value is -1.78. The molecule has 2 N–H and O–H groups in total. The van der Waals surface area contributed by atoms with Gasteiger partial charge in [-0.25, -0.2) is 9.67 Å². The first kappa shape index (κ1) is 26.3. The summed E-state index contributed by atoms with van der Waals surface area (Å²) in [5.41, 5.74) is 1.58. The second-order valence-corrected chi connectivity index (χ2v) is 11.3. The molecule has 4 rings (SSSR count). The van der Waals surface area contributed by atoms with Crippen molar-refractivity contribution in [3.8, 4) is 5.69 Å². The summed E-state index contributed by atoms with van der Waals surface area (Å²) in [6, 6.07) is 9.72. The molecular weight excluding hydrogens is 583 g/mol. The molecule has 2 aromatic carbocycles. The highest BCUT2D eigenvalue weighted by Gasteiger charge is 2.34. The van der Waals surface area contributed by atoms with E-state index in [0.717, 1.165) is 5.56 Å². The Balaban J connectivity index is 1.52. The van der Waals surface area contributed by atoms with Crippen LogP contribution in [0.25, 0.3) is 5.69 Å². The summed E-state index contributed by atoms with van der Waals surface area (Å²) in [5.74, 6) is -2.22. The molecular formula is C21H15Cl6N5O3. The van der Waals surface area contributed by atoms with E-state index < -0.39 is 15.7 Å². The van der Waals surface area contributed by atoms with E-state index >= 15 is 0 Å². The first-order valence-corrected chi connectivity index (χ1v) is 12.2. The van der Waals surface area contributed by atoms with E-state index in [1.165, 1.54) is 16.8 Å². The number of carbonyl (C=O) groups is 2. The van der Waals surface area contributed by atoms with Crippen molar-refractivity contribution >= 4 is 87.2 Å². The van der Waals surface area contributed by atoms with E-state index in [1.54, 1.807) is 24.3 Å².